The molecule has 0 aromatic heterocycles. The van der Waals surface area contributed by atoms with Crippen molar-refractivity contribution in [3.63, 3.8) is 0 Å². The SMILES string of the molecule is CCN(c1ccccc1CBr)C(C)CN(C)C. The highest BCUT2D eigenvalue weighted by Gasteiger charge is 2.15. The van der Waals surface area contributed by atoms with Gasteiger partial charge in [0, 0.05) is 30.1 Å². The third kappa shape index (κ3) is 4.00. The first-order valence-electron chi connectivity index (χ1n) is 6.15. The summed E-state index contributed by atoms with van der Waals surface area (Å²) in [5.74, 6) is 0. The van der Waals surface area contributed by atoms with Gasteiger partial charge in [-0.3, -0.25) is 0 Å². The Bertz CT molecular complexity index is 339. The summed E-state index contributed by atoms with van der Waals surface area (Å²) >= 11 is 3.57. The minimum Gasteiger partial charge on any atom is -0.368 e. The second-order valence-corrected chi connectivity index (χ2v) is 5.22. The van der Waals surface area contributed by atoms with Crippen molar-refractivity contribution in [2.24, 2.45) is 0 Å². The standard InChI is InChI=1S/C14H23BrN2/c1-5-17(12(2)11-16(3)4)14-9-7-6-8-13(14)10-15/h6-9,12H,5,10-11H2,1-4H3. The molecule has 1 aromatic rings. The Labute approximate surface area is 114 Å². The van der Waals surface area contributed by atoms with Crippen molar-refractivity contribution < 1.29 is 0 Å². The number of alkyl halides is 1. The molecular formula is C14H23BrN2. The number of hydrogen-bond acceptors (Lipinski definition) is 2. The van der Waals surface area contributed by atoms with E-state index < -0.39 is 0 Å². The Morgan fingerprint density at radius 2 is 1.88 bits per heavy atom. The van der Waals surface area contributed by atoms with Crippen LogP contribution in [0.1, 0.15) is 19.4 Å². The lowest BCUT2D eigenvalue weighted by Gasteiger charge is -2.33. The molecular weight excluding hydrogens is 276 g/mol. The molecule has 0 radical (unpaired) electrons. The van der Waals surface area contributed by atoms with E-state index in [2.05, 4.69) is 77.9 Å². The molecule has 17 heavy (non-hydrogen) atoms. The molecule has 96 valence electrons. The summed E-state index contributed by atoms with van der Waals surface area (Å²) in [6, 6.07) is 9.15. The summed E-state index contributed by atoms with van der Waals surface area (Å²) in [7, 11) is 4.25. The van der Waals surface area contributed by atoms with Crippen LogP contribution in [0.25, 0.3) is 0 Å². The molecule has 0 N–H and O–H groups in total. The van der Waals surface area contributed by atoms with E-state index in [4.69, 9.17) is 0 Å². The predicted molar refractivity (Wildman–Crippen MR) is 80.1 cm³/mol. The first kappa shape index (κ1) is 14.5. The van der Waals surface area contributed by atoms with Crippen LogP contribution in [0.15, 0.2) is 24.3 Å². The van der Waals surface area contributed by atoms with E-state index in [-0.39, 0.29) is 0 Å². The normalized spacial score (nSPS) is 12.8. The molecule has 0 amide bonds. The molecule has 0 saturated carbocycles. The van der Waals surface area contributed by atoms with Gasteiger partial charge in [-0.25, -0.2) is 0 Å². The van der Waals surface area contributed by atoms with Crippen LogP contribution in [-0.2, 0) is 5.33 Å². The topological polar surface area (TPSA) is 6.48 Å². The van der Waals surface area contributed by atoms with Gasteiger partial charge in [0.05, 0.1) is 0 Å². The Hall–Kier alpha value is -0.540. The number of benzene rings is 1. The van der Waals surface area contributed by atoms with Gasteiger partial charge in [-0.2, -0.15) is 0 Å². The van der Waals surface area contributed by atoms with Crippen LogP contribution in [0.2, 0.25) is 0 Å². The summed E-state index contributed by atoms with van der Waals surface area (Å²) in [6.45, 7) is 6.62. The summed E-state index contributed by atoms with van der Waals surface area (Å²) in [5, 5.41) is 0.911. The van der Waals surface area contributed by atoms with E-state index in [0.717, 1.165) is 18.4 Å². The molecule has 3 heteroatoms. The van der Waals surface area contributed by atoms with Crippen molar-refractivity contribution >= 4 is 21.6 Å². The van der Waals surface area contributed by atoms with Gasteiger partial charge < -0.3 is 9.80 Å². The fraction of sp³-hybridized carbons (Fsp3) is 0.571. The minimum absolute atomic E-state index is 0.523. The van der Waals surface area contributed by atoms with Gasteiger partial charge >= 0.3 is 0 Å². The zero-order chi connectivity index (χ0) is 12.8. The van der Waals surface area contributed by atoms with Crippen LogP contribution < -0.4 is 4.90 Å². The highest BCUT2D eigenvalue weighted by molar-refractivity contribution is 9.08. The molecule has 1 rings (SSSR count). The number of anilines is 1. The molecule has 0 aliphatic rings. The third-order valence-electron chi connectivity index (χ3n) is 2.95. The monoisotopic (exact) mass is 298 g/mol. The molecule has 0 bridgehead atoms. The summed E-state index contributed by atoms with van der Waals surface area (Å²) in [4.78, 5) is 4.71. The van der Waals surface area contributed by atoms with Gasteiger partial charge in [0.1, 0.15) is 0 Å². The van der Waals surface area contributed by atoms with Crippen LogP contribution in [-0.4, -0.2) is 38.1 Å². The van der Waals surface area contributed by atoms with Gasteiger partial charge in [0.25, 0.3) is 0 Å². The first-order valence-corrected chi connectivity index (χ1v) is 7.27. The molecule has 1 unspecified atom stereocenters. The molecule has 0 aliphatic carbocycles. The number of para-hydroxylation sites is 1. The Kier molecular flexibility index (Phi) is 6.00. The summed E-state index contributed by atoms with van der Waals surface area (Å²) < 4.78 is 0. The number of nitrogens with zero attached hydrogens (tertiary/aromatic N) is 2. The number of rotatable bonds is 6. The van der Waals surface area contributed by atoms with Crippen molar-refractivity contribution in [3.05, 3.63) is 29.8 Å². The van der Waals surface area contributed by atoms with Crippen LogP contribution in [0.4, 0.5) is 5.69 Å². The van der Waals surface area contributed by atoms with Gasteiger partial charge in [-0.15, -0.1) is 0 Å². The maximum absolute atomic E-state index is 3.57. The maximum atomic E-state index is 3.57. The fourth-order valence-corrected chi connectivity index (χ4v) is 2.72. The van der Waals surface area contributed by atoms with Crippen molar-refractivity contribution in [2.45, 2.75) is 25.2 Å². The molecule has 0 aliphatic heterocycles. The van der Waals surface area contributed by atoms with E-state index in [1.165, 1.54) is 11.3 Å². The first-order chi connectivity index (χ1) is 8.10. The van der Waals surface area contributed by atoms with Crippen LogP contribution in [0, 0.1) is 0 Å². The van der Waals surface area contributed by atoms with Gasteiger partial charge in [0.2, 0.25) is 0 Å². The maximum Gasteiger partial charge on any atom is 0.0410 e. The fourth-order valence-electron chi connectivity index (χ4n) is 2.25. The number of halogens is 1. The molecule has 0 saturated heterocycles. The number of hydrogen-bond donors (Lipinski definition) is 0. The second kappa shape index (κ2) is 7.02. The Morgan fingerprint density at radius 1 is 1.24 bits per heavy atom. The van der Waals surface area contributed by atoms with Gasteiger partial charge in [0.15, 0.2) is 0 Å². The zero-order valence-corrected chi connectivity index (χ0v) is 12.9. The van der Waals surface area contributed by atoms with E-state index in [1.807, 2.05) is 0 Å². The molecule has 0 fully saturated rings. The van der Waals surface area contributed by atoms with E-state index in [9.17, 15) is 0 Å². The van der Waals surface area contributed by atoms with E-state index >= 15 is 0 Å². The van der Waals surface area contributed by atoms with E-state index in [0.29, 0.717) is 6.04 Å². The van der Waals surface area contributed by atoms with Crippen LogP contribution in [0.3, 0.4) is 0 Å². The highest BCUT2D eigenvalue weighted by Crippen LogP contribution is 2.24. The Morgan fingerprint density at radius 3 is 2.41 bits per heavy atom. The van der Waals surface area contributed by atoms with Crippen LogP contribution in [0.5, 0.6) is 0 Å². The van der Waals surface area contributed by atoms with Crippen molar-refractivity contribution in [1.82, 2.24) is 4.90 Å². The minimum atomic E-state index is 0.523. The van der Waals surface area contributed by atoms with Crippen LogP contribution >= 0.6 is 15.9 Å². The summed E-state index contributed by atoms with van der Waals surface area (Å²) in [6.07, 6.45) is 0. The lowest BCUT2D eigenvalue weighted by Crippen LogP contribution is -2.40. The average molecular weight is 299 g/mol. The highest BCUT2D eigenvalue weighted by atomic mass is 79.9. The molecule has 1 atom stereocenters. The predicted octanol–water partition coefficient (Wildman–Crippen LogP) is 3.36. The van der Waals surface area contributed by atoms with Crippen molar-refractivity contribution in [3.8, 4) is 0 Å². The summed E-state index contributed by atoms with van der Waals surface area (Å²) in [5.41, 5.74) is 2.71. The zero-order valence-electron chi connectivity index (χ0n) is 11.3. The van der Waals surface area contributed by atoms with Gasteiger partial charge in [-0.05, 0) is 39.6 Å². The largest absolute Gasteiger partial charge is 0.368 e. The quantitative estimate of drug-likeness (QED) is 0.743. The molecule has 0 heterocycles. The van der Waals surface area contributed by atoms with Gasteiger partial charge in [-0.1, -0.05) is 34.1 Å². The second-order valence-electron chi connectivity index (χ2n) is 4.66. The van der Waals surface area contributed by atoms with Crippen molar-refractivity contribution in [2.75, 3.05) is 32.1 Å². The lowest BCUT2D eigenvalue weighted by atomic mass is 10.1. The Balaban J connectivity index is 2.92. The van der Waals surface area contributed by atoms with E-state index in [1.54, 1.807) is 0 Å². The molecule has 2 nitrogen and oxygen atoms in total. The molecule has 1 aromatic carbocycles. The smallest absolute Gasteiger partial charge is 0.0410 e. The van der Waals surface area contributed by atoms with Crippen molar-refractivity contribution in [1.29, 1.82) is 0 Å². The number of likely N-dealkylation sites (N-methyl/N-ethyl adjacent to an activating group) is 2. The molecule has 0 spiro atoms. The lowest BCUT2D eigenvalue weighted by molar-refractivity contribution is 0.373. The third-order valence-corrected chi connectivity index (χ3v) is 3.55. The average Bonchev–Trinajstić information content (AvgIpc) is 2.29.